The van der Waals surface area contributed by atoms with E-state index in [2.05, 4.69) is 10.6 Å². The number of rotatable bonds is 4. The Morgan fingerprint density at radius 1 is 1.16 bits per heavy atom. The van der Waals surface area contributed by atoms with Crippen molar-refractivity contribution >= 4 is 11.9 Å². The Morgan fingerprint density at radius 3 is 2.62 bits per heavy atom. The number of halogens is 2. The molecule has 5 rings (SSSR count). The maximum absolute atomic E-state index is 13.4. The quantitative estimate of drug-likeness (QED) is 0.757. The second-order valence-corrected chi connectivity index (χ2v) is 9.17. The summed E-state index contributed by atoms with van der Waals surface area (Å²) in [5, 5.41) is 6.11. The summed E-state index contributed by atoms with van der Waals surface area (Å²) in [5.74, 6) is -1.000. The highest BCUT2D eigenvalue weighted by Gasteiger charge is 2.54. The van der Waals surface area contributed by atoms with Crippen molar-refractivity contribution in [3.63, 3.8) is 0 Å². The molecular formula is C24H26F2N4O2. The number of likely N-dealkylation sites (tertiary alicyclic amines) is 1. The van der Waals surface area contributed by atoms with E-state index in [4.69, 9.17) is 0 Å². The van der Waals surface area contributed by atoms with Crippen LogP contribution in [0.5, 0.6) is 0 Å². The first kappa shape index (κ1) is 20.7. The third kappa shape index (κ3) is 4.13. The van der Waals surface area contributed by atoms with Crippen LogP contribution >= 0.6 is 0 Å². The Bertz CT molecular complexity index is 1020. The average molecular weight is 440 g/mol. The Labute approximate surface area is 185 Å². The van der Waals surface area contributed by atoms with E-state index < -0.39 is 11.6 Å². The van der Waals surface area contributed by atoms with Crippen molar-refractivity contribution in [2.75, 3.05) is 26.2 Å². The lowest BCUT2D eigenvalue weighted by Crippen LogP contribution is -2.41. The number of urea groups is 1. The molecule has 0 bridgehead atoms. The smallest absolute Gasteiger partial charge is 0.321 e. The first-order valence-corrected chi connectivity index (χ1v) is 11.0. The van der Waals surface area contributed by atoms with Crippen molar-refractivity contribution in [2.45, 2.75) is 25.7 Å². The van der Waals surface area contributed by atoms with Crippen LogP contribution in [0.4, 0.5) is 13.6 Å². The van der Waals surface area contributed by atoms with E-state index in [0.717, 1.165) is 36.5 Å². The zero-order chi connectivity index (χ0) is 22.3. The Kier molecular flexibility index (Phi) is 5.23. The van der Waals surface area contributed by atoms with Crippen LogP contribution in [0.1, 0.15) is 24.8 Å². The van der Waals surface area contributed by atoms with Crippen LogP contribution < -0.4 is 10.6 Å². The summed E-state index contributed by atoms with van der Waals surface area (Å²) >= 11 is 0. The normalized spacial score (nSPS) is 22.8. The third-order valence-electron chi connectivity index (χ3n) is 7.13. The fourth-order valence-corrected chi connectivity index (χ4v) is 5.11. The van der Waals surface area contributed by atoms with Crippen molar-refractivity contribution in [1.82, 2.24) is 20.4 Å². The van der Waals surface area contributed by atoms with E-state index in [0.29, 0.717) is 37.7 Å². The SMILES string of the molecule is O=C(NCC1CC12CCN(C(=O)Cc1cc(F)cc(F)c1)CC2)N1C=C2C=CNC=C2C1. The summed E-state index contributed by atoms with van der Waals surface area (Å²) in [7, 11) is 0. The summed E-state index contributed by atoms with van der Waals surface area (Å²) < 4.78 is 26.7. The van der Waals surface area contributed by atoms with E-state index in [1.165, 1.54) is 12.1 Å². The first-order valence-electron chi connectivity index (χ1n) is 11.0. The highest BCUT2D eigenvalue weighted by atomic mass is 19.1. The number of hydrogen-bond donors (Lipinski definition) is 2. The summed E-state index contributed by atoms with van der Waals surface area (Å²) in [6, 6.07) is 3.14. The average Bonchev–Trinajstić information content (AvgIpc) is 3.23. The molecule has 3 amide bonds. The first-order chi connectivity index (χ1) is 15.4. The second kappa shape index (κ2) is 8.07. The monoisotopic (exact) mass is 440 g/mol. The number of piperidine rings is 1. The van der Waals surface area contributed by atoms with Gasteiger partial charge < -0.3 is 15.5 Å². The van der Waals surface area contributed by atoms with E-state index in [1.807, 2.05) is 24.7 Å². The van der Waals surface area contributed by atoms with Crippen LogP contribution in [0.2, 0.25) is 0 Å². The van der Waals surface area contributed by atoms with Crippen LogP contribution in [0.15, 0.2) is 54.0 Å². The lowest BCUT2D eigenvalue weighted by molar-refractivity contribution is -0.132. The molecule has 6 nitrogen and oxygen atoms in total. The van der Waals surface area contributed by atoms with Gasteiger partial charge in [-0.1, -0.05) is 0 Å². The number of carbonyl (C=O) groups is 2. The molecule has 1 aliphatic carbocycles. The Hall–Kier alpha value is -3.16. The number of amides is 3. The molecule has 1 spiro atoms. The van der Waals surface area contributed by atoms with Crippen LogP contribution in [-0.4, -0.2) is 47.9 Å². The second-order valence-electron chi connectivity index (χ2n) is 9.17. The standard InChI is InChI=1S/C24H26F2N4O2/c25-20-7-16(8-21(26)10-20)9-22(31)29-5-2-24(3-6-29)11-19(24)13-28-23(32)30-14-17-1-4-27-12-18(17)15-30/h1,4,7-8,10,12,14,19,27H,2-3,5-6,9,11,13,15H2,(H,28,32). The molecule has 2 N–H and O–H groups in total. The van der Waals surface area contributed by atoms with Gasteiger partial charge in [-0.3, -0.25) is 9.69 Å². The maximum atomic E-state index is 13.4. The van der Waals surface area contributed by atoms with Gasteiger partial charge in [-0.2, -0.15) is 0 Å². The number of benzene rings is 1. The molecule has 4 aliphatic rings. The zero-order valence-corrected chi connectivity index (χ0v) is 17.7. The lowest BCUT2D eigenvalue weighted by Gasteiger charge is -2.33. The largest absolute Gasteiger partial charge is 0.367 e. The molecule has 3 heterocycles. The molecule has 3 aliphatic heterocycles. The minimum absolute atomic E-state index is 0.00759. The van der Waals surface area contributed by atoms with Gasteiger partial charge in [0, 0.05) is 44.3 Å². The number of hydrogen-bond acceptors (Lipinski definition) is 3. The molecule has 8 heteroatoms. The summed E-state index contributed by atoms with van der Waals surface area (Å²) in [5.41, 5.74) is 2.71. The number of nitrogens with zero attached hydrogens (tertiary/aromatic N) is 2. The number of fused-ring (bicyclic) bond motifs is 1. The zero-order valence-electron chi connectivity index (χ0n) is 17.7. The minimum Gasteiger partial charge on any atom is -0.367 e. The predicted octanol–water partition coefficient (Wildman–Crippen LogP) is 3.05. The van der Waals surface area contributed by atoms with Crippen LogP contribution in [0.25, 0.3) is 0 Å². The highest BCUT2D eigenvalue weighted by Crippen LogP contribution is 2.59. The van der Waals surface area contributed by atoms with E-state index in [-0.39, 0.29) is 23.8 Å². The topological polar surface area (TPSA) is 64.7 Å². The number of allylic oxidation sites excluding steroid dienone is 1. The van der Waals surface area contributed by atoms with Crippen molar-refractivity contribution in [1.29, 1.82) is 0 Å². The van der Waals surface area contributed by atoms with Gasteiger partial charge in [0.25, 0.3) is 0 Å². The van der Waals surface area contributed by atoms with Crippen LogP contribution in [-0.2, 0) is 11.2 Å². The fourth-order valence-electron chi connectivity index (χ4n) is 5.11. The van der Waals surface area contributed by atoms with E-state index in [9.17, 15) is 18.4 Å². The number of nitrogens with one attached hydrogen (secondary N) is 2. The molecule has 1 saturated heterocycles. The molecule has 32 heavy (non-hydrogen) atoms. The molecule has 1 saturated carbocycles. The predicted molar refractivity (Wildman–Crippen MR) is 115 cm³/mol. The molecule has 2 fully saturated rings. The van der Waals surface area contributed by atoms with Gasteiger partial charge >= 0.3 is 6.03 Å². The maximum Gasteiger partial charge on any atom is 0.321 e. The number of dihydropyridines is 1. The summed E-state index contributed by atoms with van der Waals surface area (Å²) in [4.78, 5) is 28.6. The molecule has 0 radical (unpaired) electrons. The van der Waals surface area contributed by atoms with Gasteiger partial charge in [-0.25, -0.2) is 13.6 Å². The Balaban J connectivity index is 1.08. The molecule has 0 aromatic heterocycles. The summed E-state index contributed by atoms with van der Waals surface area (Å²) in [6.45, 7) is 2.50. The molecule has 1 unspecified atom stereocenters. The minimum atomic E-state index is -0.665. The number of carbonyl (C=O) groups excluding carboxylic acids is 2. The molecule has 1 aromatic rings. The van der Waals surface area contributed by atoms with Gasteiger partial charge in [0.2, 0.25) is 5.91 Å². The molecular weight excluding hydrogens is 414 g/mol. The Morgan fingerprint density at radius 2 is 1.91 bits per heavy atom. The van der Waals surface area contributed by atoms with Crippen molar-refractivity contribution < 1.29 is 18.4 Å². The van der Waals surface area contributed by atoms with Gasteiger partial charge in [-0.05, 0) is 65.5 Å². The third-order valence-corrected chi connectivity index (χ3v) is 7.13. The van der Waals surface area contributed by atoms with Crippen LogP contribution in [0, 0.1) is 23.0 Å². The van der Waals surface area contributed by atoms with Gasteiger partial charge in [0.15, 0.2) is 0 Å². The van der Waals surface area contributed by atoms with E-state index in [1.54, 1.807) is 9.80 Å². The highest BCUT2D eigenvalue weighted by molar-refractivity contribution is 5.79. The van der Waals surface area contributed by atoms with Crippen LogP contribution in [0.3, 0.4) is 0 Å². The molecule has 1 aromatic carbocycles. The summed E-state index contributed by atoms with van der Waals surface area (Å²) in [6.07, 6.45) is 10.4. The van der Waals surface area contributed by atoms with Crippen molar-refractivity contribution in [3.8, 4) is 0 Å². The van der Waals surface area contributed by atoms with Gasteiger partial charge in [0.1, 0.15) is 11.6 Å². The van der Waals surface area contributed by atoms with Gasteiger partial charge in [-0.15, -0.1) is 0 Å². The molecule has 1 atom stereocenters. The van der Waals surface area contributed by atoms with Crippen molar-refractivity contribution in [3.05, 3.63) is 71.2 Å². The fraction of sp³-hybridized carbons (Fsp3) is 0.417. The van der Waals surface area contributed by atoms with Gasteiger partial charge in [0.05, 0.1) is 13.0 Å². The van der Waals surface area contributed by atoms with Crippen molar-refractivity contribution in [2.24, 2.45) is 11.3 Å². The lowest BCUT2D eigenvalue weighted by atomic mass is 9.90. The van der Waals surface area contributed by atoms with E-state index >= 15 is 0 Å². The molecule has 168 valence electrons.